The Morgan fingerprint density at radius 1 is 1.19 bits per heavy atom. The zero-order valence-electron chi connectivity index (χ0n) is 12.5. The van der Waals surface area contributed by atoms with E-state index < -0.39 is 10.0 Å². The SMILES string of the molecule is COc1cc(OC)cc(S(=O)(=O)NC2CCNCC2C)c1. The molecule has 0 amide bonds. The first kappa shape index (κ1) is 16.1. The molecule has 1 aromatic carbocycles. The van der Waals surface area contributed by atoms with E-state index in [1.54, 1.807) is 6.07 Å². The van der Waals surface area contributed by atoms with Gasteiger partial charge >= 0.3 is 0 Å². The van der Waals surface area contributed by atoms with E-state index in [1.807, 2.05) is 6.92 Å². The molecular weight excluding hydrogens is 292 g/mol. The molecule has 2 N–H and O–H groups in total. The summed E-state index contributed by atoms with van der Waals surface area (Å²) in [6.45, 7) is 3.67. The summed E-state index contributed by atoms with van der Waals surface area (Å²) in [6, 6.07) is 4.58. The maximum atomic E-state index is 12.5. The van der Waals surface area contributed by atoms with Crippen molar-refractivity contribution < 1.29 is 17.9 Å². The first-order valence-corrected chi connectivity index (χ1v) is 8.40. The Kier molecular flexibility index (Phi) is 5.08. The van der Waals surface area contributed by atoms with Crippen molar-refractivity contribution in [2.75, 3.05) is 27.3 Å². The van der Waals surface area contributed by atoms with Crippen LogP contribution in [0.1, 0.15) is 13.3 Å². The smallest absolute Gasteiger partial charge is 0.241 e. The molecule has 2 atom stereocenters. The zero-order valence-corrected chi connectivity index (χ0v) is 13.4. The van der Waals surface area contributed by atoms with Gasteiger partial charge in [0.05, 0.1) is 19.1 Å². The third-order valence-corrected chi connectivity index (χ3v) is 5.20. The Morgan fingerprint density at radius 3 is 2.33 bits per heavy atom. The number of methoxy groups -OCH3 is 2. The van der Waals surface area contributed by atoms with Gasteiger partial charge in [0.1, 0.15) is 11.5 Å². The molecule has 118 valence electrons. The lowest BCUT2D eigenvalue weighted by Crippen LogP contribution is -2.48. The van der Waals surface area contributed by atoms with Crippen LogP contribution in [-0.4, -0.2) is 41.8 Å². The van der Waals surface area contributed by atoms with Gasteiger partial charge in [0.25, 0.3) is 0 Å². The van der Waals surface area contributed by atoms with E-state index in [4.69, 9.17) is 9.47 Å². The molecule has 1 aromatic rings. The summed E-state index contributed by atoms with van der Waals surface area (Å²) in [7, 11) is -0.609. The van der Waals surface area contributed by atoms with Gasteiger partial charge in [-0.05, 0) is 25.4 Å². The van der Waals surface area contributed by atoms with E-state index in [-0.39, 0.29) is 16.9 Å². The van der Waals surface area contributed by atoms with Crippen molar-refractivity contribution in [3.05, 3.63) is 18.2 Å². The van der Waals surface area contributed by atoms with Crippen LogP contribution in [0.5, 0.6) is 11.5 Å². The van der Waals surface area contributed by atoms with E-state index in [0.29, 0.717) is 11.5 Å². The zero-order chi connectivity index (χ0) is 15.5. The number of piperidine rings is 1. The van der Waals surface area contributed by atoms with Crippen molar-refractivity contribution in [2.45, 2.75) is 24.3 Å². The fraction of sp³-hybridized carbons (Fsp3) is 0.571. The largest absolute Gasteiger partial charge is 0.497 e. The van der Waals surface area contributed by atoms with Crippen LogP contribution in [0, 0.1) is 5.92 Å². The van der Waals surface area contributed by atoms with E-state index in [0.717, 1.165) is 19.5 Å². The lowest BCUT2D eigenvalue weighted by atomic mass is 9.97. The molecule has 2 unspecified atom stereocenters. The number of rotatable bonds is 5. The summed E-state index contributed by atoms with van der Waals surface area (Å²) < 4.78 is 38.1. The molecule has 1 saturated heterocycles. The first-order valence-electron chi connectivity index (χ1n) is 6.92. The van der Waals surface area contributed by atoms with Gasteiger partial charge in [-0.3, -0.25) is 0 Å². The van der Waals surface area contributed by atoms with Crippen molar-refractivity contribution in [2.24, 2.45) is 5.92 Å². The molecule has 1 aliphatic heterocycles. The molecule has 7 heteroatoms. The van der Waals surface area contributed by atoms with Crippen molar-refractivity contribution in [3.63, 3.8) is 0 Å². The molecule has 2 rings (SSSR count). The highest BCUT2D eigenvalue weighted by molar-refractivity contribution is 7.89. The lowest BCUT2D eigenvalue weighted by Gasteiger charge is -2.30. The summed E-state index contributed by atoms with van der Waals surface area (Å²) in [5, 5.41) is 3.25. The van der Waals surface area contributed by atoms with Crippen LogP contribution in [0.15, 0.2) is 23.1 Å². The van der Waals surface area contributed by atoms with Crippen molar-refractivity contribution >= 4 is 10.0 Å². The Bertz CT molecular complexity index is 566. The van der Waals surface area contributed by atoms with E-state index in [9.17, 15) is 8.42 Å². The minimum atomic E-state index is -3.60. The molecule has 0 aliphatic carbocycles. The predicted octanol–water partition coefficient (Wildman–Crippen LogP) is 0.980. The molecule has 0 bridgehead atoms. The van der Waals surface area contributed by atoms with E-state index in [1.165, 1.54) is 26.4 Å². The quantitative estimate of drug-likeness (QED) is 0.847. The molecule has 1 aliphatic rings. The minimum absolute atomic E-state index is 0.0616. The van der Waals surface area contributed by atoms with Gasteiger partial charge in [-0.2, -0.15) is 0 Å². The van der Waals surface area contributed by atoms with E-state index in [2.05, 4.69) is 10.0 Å². The van der Waals surface area contributed by atoms with Crippen LogP contribution in [0.25, 0.3) is 0 Å². The monoisotopic (exact) mass is 314 g/mol. The van der Waals surface area contributed by atoms with Crippen molar-refractivity contribution in [1.82, 2.24) is 10.0 Å². The summed E-state index contributed by atoms with van der Waals surface area (Å²) in [6.07, 6.45) is 0.779. The molecular formula is C14H22N2O4S. The highest BCUT2D eigenvalue weighted by atomic mass is 32.2. The van der Waals surface area contributed by atoms with Crippen LogP contribution in [-0.2, 0) is 10.0 Å². The third-order valence-electron chi connectivity index (χ3n) is 3.73. The topological polar surface area (TPSA) is 76.7 Å². The minimum Gasteiger partial charge on any atom is -0.497 e. The number of sulfonamides is 1. The predicted molar refractivity (Wildman–Crippen MR) is 80.3 cm³/mol. The maximum Gasteiger partial charge on any atom is 0.241 e. The Morgan fingerprint density at radius 2 is 1.81 bits per heavy atom. The van der Waals surface area contributed by atoms with Crippen LogP contribution >= 0.6 is 0 Å². The molecule has 1 fully saturated rings. The van der Waals surface area contributed by atoms with Gasteiger partial charge in [-0.25, -0.2) is 13.1 Å². The number of benzene rings is 1. The van der Waals surface area contributed by atoms with Gasteiger partial charge in [0, 0.05) is 24.2 Å². The normalized spacial score (nSPS) is 22.8. The molecule has 0 saturated carbocycles. The fourth-order valence-corrected chi connectivity index (χ4v) is 3.82. The average Bonchev–Trinajstić information content (AvgIpc) is 2.48. The second-order valence-electron chi connectivity index (χ2n) is 5.25. The Labute approximate surface area is 125 Å². The summed E-state index contributed by atoms with van der Waals surface area (Å²) in [4.78, 5) is 0.157. The highest BCUT2D eigenvalue weighted by Crippen LogP contribution is 2.26. The number of ether oxygens (including phenoxy) is 2. The van der Waals surface area contributed by atoms with Gasteiger partial charge in [0.2, 0.25) is 10.0 Å². The Hall–Kier alpha value is -1.31. The molecule has 21 heavy (non-hydrogen) atoms. The number of nitrogens with one attached hydrogen (secondary N) is 2. The van der Waals surface area contributed by atoms with Crippen LogP contribution in [0.2, 0.25) is 0 Å². The maximum absolute atomic E-state index is 12.5. The number of hydrogen-bond donors (Lipinski definition) is 2. The molecule has 0 aromatic heterocycles. The average molecular weight is 314 g/mol. The van der Waals surface area contributed by atoms with E-state index >= 15 is 0 Å². The third kappa shape index (κ3) is 3.87. The second kappa shape index (κ2) is 6.64. The summed E-state index contributed by atoms with van der Waals surface area (Å²) >= 11 is 0. The van der Waals surface area contributed by atoms with Crippen molar-refractivity contribution in [3.8, 4) is 11.5 Å². The first-order chi connectivity index (χ1) is 9.96. The molecule has 6 nitrogen and oxygen atoms in total. The lowest BCUT2D eigenvalue weighted by molar-refractivity contribution is 0.328. The van der Waals surface area contributed by atoms with Crippen LogP contribution in [0.4, 0.5) is 0 Å². The highest BCUT2D eigenvalue weighted by Gasteiger charge is 2.27. The number of hydrogen-bond acceptors (Lipinski definition) is 5. The van der Waals surface area contributed by atoms with Crippen LogP contribution < -0.4 is 19.5 Å². The molecule has 0 spiro atoms. The van der Waals surface area contributed by atoms with Gasteiger partial charge < -0.3 is 14.8 Å². The standard InChI is InChI=1S/C14H22N2O4S/c1-10-9-15-5-4-14(10)16-21(17,18)13-7-11(19-2)6-12(8-13)20-3/h6-8,10,14-16H,4-5,9H2,1-3H3. The second-order valence-corrected chi connectivity index (χ2v) is 6.96. The van der Waals surface area contributed by atoms with Gasteiger partial charge in [0.15, 0.2) is 0 Å². The van der Waals surface area contributed by atoms with Crippen molar-refractivity contribution in [1.29, 1.82) is 0 Å². The molecule has 0 radical (unpaired) electrons. The van der Waals surface area contributed by atoms with Gasteiger partial charge in [-0.1, -0.05) is 6.92 Å². The summed E-state index contributed by atoms with van der Waals surface area (Å²) in [5.41, 5.74) is 0. The summed E-state index contributed by atoms with van der Waals surface area (Å²) in [5.74, 6) is 1.15. The Balaban J connectivity index is 2.26. The van der Waals surface area contributed by atoms with Gasteiger partial charge in [-0.15, -0.1) is 0 Å². The molecule has 1 heterocycles. The van der Waals surface area contributed by atoms with Crippen LogP contribution in [0.3, 0.4) is 0 Å². The fourth-order valence-electron chi connectivity index (χ4n) is 2.39.